The van der Waals surface area contributed by atoms with Crippen molar-refractivity contribution < 1.29 is 39.6 Å². The Morgan fingerprint density at radius 1 is 0.921 bits per heavy atom. The van der Waals surface area contributed by atoms with E-state index < -0.39 is 52.9 Å². The number of methoxy groups -OCH3 is 1. The van der Waals surface area contributed by atoms with Crippen molar-refractivity contribution in [2.45, 2.75) is 42.0 Å². The van der Waals surface area contributed by atoms with Crippen LogP contribution in [0.2, 0.25) is 0 Å². The van der Waals surface area contributed by atoms with Gasteiger partial charge in [0.1, 0.15) is 11.7 Å². The Balaban J connectivity index is 1.93. The Morgan fingerprint density at radius 3 is 1.92 bits per heavy atom. The molecule has 1 fully saturated rings. The monoisotopic (exact) mass is 523 g/mol. The molecule has 0 aromatic heterocycles. The number of ketones is 1. The molecule has 0 unspecified atom stereocenters. The highest BCUT2D eigenvalue weighted by molar-refractivity contribution is 6.04. The molecule has 0 aliphatic carbocycles. The maximum absolute atomic E-state index is 14.0. The van der Waals surface area contributed by atoms with Crippen molar-refractivity contribution in [1.29, 1.82) is 0 Å². The lowest BCUT2D eigenvalue weighted by Gasteiger charge is -2.59. The highest BCUT2D eigenvalue weighted by Gasteiger charge is 2.74. The maximum atomic E-state index is 14.0. The number of hydrogen-bond acceptors (Lipinski definition) is 9. The predicted molar refractivity (Wildman–Crippen MR) is 135 cm³/mol. The molecule has 1 aliphatic rings. The van der Waals surface area contributed by atoms with Crippen LogP contribution in [0, 0.1) is 10.1 Å². The second kappa shape index (κ2) is 10.7. The van der Waals surface area contributed by atoms with E-state index in [2.05, 4.69) is 0 Å². The van der Waals surface area contributed by atoms with Crippen LogP contribution in [0.1, 0.15) is 21.5 Å². The number of nitro groups is 1. The Morgan fingerprint density at radius 2 is 1.45 bits per heavy atom. The number of carbonyl (C=O) groups is 1. The van der Waals surface area contributed by atoms with Gasteiger partial charge in [0.05, 0.1) is 11.5 Å². The van der Waals surface area contributed by atoms with Crippen LogP contribution in [0.3, 0.4) is 0 Å². The summed E-state index contributed by atoms with van der Waals surface area (Å²) in [5, 5.41) is 58.3. The summed E-state index contributed by atoms with van der Waals surface area (Å²) in [6, 6.07) is 21.5. The number of hydrogen-bond donors (Lipinski definition) is 4. The quantitative estimate of drug-likeness (QED) is 0.186. The molecule has 10 heteroatoms. The lowest BCUT2D eigenvalue weighted by Crippen LogP contribution is -2.84. The molecule has 1 aliphatic heterocycles. The highest BCUT2D eigenvalue weighted by atomic mass is 16.7. The van der Waals surface area contributed by atoms with Crippen molar-refractivity contribution in [1.82, 2.24) is 0 Å². The zero-order valence-corrected chi connectivity index (χ0v) is 20.6. The topological polar surface area (TPSA) is 160 Å². The summed E-state index contributed by atoms with van der Waals surface area (Å²) in [6.07, 6.45) is -3.99. The smallest absolute Gasteiger partial charge is 0.269 e. The van der Waals surface area contributed by atoms with Crippen molar-refractivity contribution in [3.63, 3.8) is 0 Å². The molecule has 3 aromatic rings. The number of Topliss-reactive ketones (excluding diaryl/α,β-unsaturated/α-hetero) is 1. The predicted octanol–water partition coefficient (Wildman–Crippen LogP) is 1.82. The van der Waals surface area contributed by atoms with E-state index in [1.165, 1.54) is 7.11 Å². The minimum absolute atomic E-state index is 0.190. The largest absolute Gasteiger partial charge is 0.394 e. The minimum Gasteiger partial charge on any atom is -0.394 e. The number of benzene rings is 3. The molecule has 200 valence electrons. The second-order valence-corrected chi connectivity index (χ2v) is 9.38. The summed E-state index contributed by atoms with van der Waals surface area (Å²) in [5.74, 6) is -1.09. The van der Waals surface area contributed by atoms with Crippen molar-refractivity contribution >= 4 is 11.5 Å². The molecular weight excluding hydrogens is 494 g/mol. The Labute approximate surface area is 218 Å². The molecule has 5 atom stereocenters. The number of nitrogens with zero attached hydrogens (tertiary/aromatic N) is 1. The highest BCUT2D eigenvalue weighted by Crippen LogP contribution is 2.49. The second-order valence-electron chi connectivity index (χ2n) is 9.38. The third-order valence-electron chi connectivity index (χ3n) is 7.18. The minimum atomic E-state index is -2.91. The molecule has 4 rings (SSSR count). The van der Waals surface area contributed by atoms with Gasteiger partial charge in [0.15, 0.2) is 23.3 Å². The molecule has 4 N–H and O–H groups in total. The average molecular weight is 524 g/mol. The number of aliphatic hydroxyl groups excluding tert-OH is 1. The summed E-state index contributed by atoms with van der Waals surface area (Å²) in [6.45, 7) is -0.909. The zero-order chi connectivity index (χ0) is 27.6. The number of non-ortho nitro benzene ring substituents is 1. The summed E-state index contributed by atoms with van der Waals surface area (Å²) in [7, 11) is 1.24. The van der Waals surface area contributed by atoms with Crippen molar-refractivity contribution in [2.75, 3.05) is 13.7 Å². The van der Waals surface area contributed by atoms with Gasteiger partial charge in [0, 0.05) is 37.6 Å². The van der Waals surface area contributed by atoms with Gasteiger partial charge in [0.2, 0.25) is 0 Å². The molecule has 1 heterocycles. The first kappa shape index (κ1) is 27.5. The number of nitro benzene ring substituents is 1. The first-order chi connectivity index (χ1) is 18.1. The van der Waals surface area contributed by atoms with Crippen molar-refractivity contribution in [3.05, 3.63) is 112 Å². The van der Waals surface area contributed by atoms with Gasteiger partial charge in [-0.05, 0) is 23.3 Å². The fourth-order valence-corrected chi connectivity index (χ4v) is 5.18. The van der Waals surface area contributed by atoms with Crippen LogP contribution in [0.25, 0.3) is 0 Å². The van der Waals surface area contributed by atoms with E-state index in [4.69, 9.17) is 9.47 Å². The molecule has 1 saturated heterocycles. The Bertz CT molecular complexity index is 1270. The van der Waals surface area contributed by atoms with Gasteiger partial charge in [-0.3, -0.25) is 14.9 Å². The van der Waals surface area contributed by atoms with E-state index in [0.717, 1.165) is 24.3 Å². The van der Waals surface area contributed by atoms with Crippen LogP contribution in [-0.4, -0.2) is 74.0 Å². The Hall–Kier alpha value is -3.51. The fraction of sp³-hybridized carbons (Fsp3) is 0.321. The van der Waals surface area contributed by atoms with Crippen LogP contribution < -0.4 is 0 Å². The molecule has 0 bridgehead atoms. The van der Waals surface area contributed by atoms with Gasteiger partial charge in [-0.25, -0.2) is 0 Å². The average Bonchev–Trinajstić information content (AvgIpc) is 2.93. The van der Waals surface area contributed by atoms with E-state index in [0.29, 0.717) is 11.1 Å². The molecular formula is C28H29NO9. The standard InChI is InChI=1S/C28H29NO9/c1-37-25-26(32,16-19-8-4-2-5-9-19)27(33,17-20-10-6-3-7-11-20)28(34,23(18-30)38-25)24(31)21-12-14-22(15-13-21)29(35)36/h2-15,23,25,30,32-34H,16-18H2,1H3/t23-,25+,26+,27-,28+/m1/s1. The van der Waals surface area contributed by atoms with E-state index in [-0.39, 0.29) is 17.7 Å². The molecule has 0 spiro atoms. The molecule has 38 heavy (non-hydrogen) atoms. The van der Waals surface area contributed by atoms with Gasteiger partial charge in [-0.2, -0.15) is 0 Å². The van der Waals surface area contributed by atoms with Crippen LogP contribution >= 0.6 is 0 Å². The van der Waals surface area contributed by atoms with E-state index in [1.54, 1.807) is 60.7 Å². The number of aliphatic hydroxyl groups is 4. The van der Waals surface area contributed by atoms with Gasteiger partial charge < -0.3 is 29.9 Å². The maximum Gasteiger partial charge on any atom is 0.269 e. The molecule has 10 nitrogen and oxygen atoms in total. The van der Waals surface area contributed by atoms with Gasteiger partial charge in [0.25, 0.3) is 5.69 Å². The fourth-order valence-electron chi connectivity index (χ4n) is 5.18. The first-order valence-corrected chi connectivity index (χ1v) is 11.9. The van der Waals surface area contributed by atoms with E-state index >= 15 is 0 Å². The van der Waals surface area contributed by atoms with Gasteiger partial charge >= 0.3 is 0 Å². The van der Waals surface area contributed by atoms with E-state index in [1.807, 2.05) is 0 Å². The molecule has 0 saturated carbocycles. The van der Waals surface area contributed by atoms with Crippen molar-refractivity contribution in [2.24, 2.45) is 0 Å². The van der Waals surface area contributed by atoms with E-state index in [9.17, 15) is 35.3 Å². The van der Waals surface area contributed by atoms with Crippen LogP contribution in [0.5, 0.6) is 0 Å². The lowest BCUT2D eigenvalue weighted by molar-refractivity contribution is -0.386. The number of carbonyl (C=O) groups excluding carboxylic acids is 1. The SMILES string of the molecule is CO[C@H]1O[C@H](CO)[C@](O)(C(=O)c2ccc([N+](=O)[O-])cc2)[C@@](O)(Cc2ccccc2)[C@]1(O)Cc1ccccc1. The zero-order valence-electron chi connectivity index (χ0n) is 20.6. The van der Waals surface area contributed by atoms with Gasteiger partial charge in [-0.15, -0.1) is 0 Å². The van der Waals surface area contributed by atoms with Crippen molar-refractivity contribution in [3.8, 4) is 0 Å². The summed E-state index contributed by atoms with van der Waals surface area (Å²) in [5.41, 5.74) is -7.44. The van der Waals surface area contributed by atoms with Crippen LogP contribution in [-0.2, 0) is 22.3 Å². The van der Waals surface area contributed by atoms with Crippen LogP contribution in [0.4, 0.5) is 5.69 Å². The molecule has 3 aromatic carbocycles. The van der Waals surface area contributed by atoms with Crippen LogP contribution in [0.15, 0.2) is 84.9 Å². The summed E-state index contributed by atoms with van der Waals surface area (Å²) >= 11 is 0. The molecule has 0 radical (unpaired) electrons. The lowest BCUT2D eigenvalue weighted by atomic mass is 9.59. The number of ether oxygens (including phenoxy) is 2. The number of rotatable bonds is 9. The summed E-state index contributed by atoms with van der Waals surface area (Å²) in [4.78, 5) is 24.5. The normalized spacial score (nSPS) is 29.1. The third kappa shape index (κ3) is 4.51. The summed E-state index contributed by atoms with van der Waals surface area (Å²) < 4.78 is 11.2. The van der Waals surface area contributed by atoms with Gasteiger partial charge in [-0.1, -0.05) is 60.7 Å². The Kier molecular flexibility index (Phi) is 7.75. The third-order valence-corrected chi connectivity index (χ3v) is 7.18. The first-order valence-electron chi connectivity index (χ1n) is 11.9. The molecule has 0 amide bonds.